The number of aliphatic hydroxyl groups excluding tert-OH is 2. The van der Waals surface area contributed by atoms with Crippen molar-refractivity contribution in [1.82, 2.24) is 10.2 Å². The molecule has 4 rings (SSSR count). The molecule has 0 unspecified atom stereocenters. The summed E-state index contributed by atoms with van der Waals surface area (Å²) in [6.45, 7) is 3.49. The van der Waals surface area contributed by atoms with E-state index in [4.69, 9.17) is 9.47 Å². The second-order valence-corrected chi connectivity index (χ2v) is 10.1. The van der Waals surface area contributed by atoms with Gasteiger partial charge in [0.25, 0.3) is 0 Å². The van der Waals surface area contributed by atoms with E-state index in [0.717, 1.165) is 12.8 Å². The molecule has 0 spiro atoms. The average molecular weight is 567 g/mol. The monoisotopic (exact) mass is 566 g/mol. The summed E-state index contributed by atoms with van der Waals surface area (Å²) in [5, 5.41) is 23.7. The quantitative estimate of drug-likeness (QED) is 0.193. The molecule has 9 nitrogen and oxygen atoms in total. The standard InChI is InChI=1S/C31H35FN2O7/c1-3-4-5-6-7-26(37)34(17-19-8-10-21(32)11-9-19)24-16-23(31(39)33-12-13-35)27-22-14-20(18-36)15-25(40-2)29(22)41-30(27)28(24)38/h3,8-11,14-16,18,24,27-28,30,35,38H,1,4-7,12-13,17H2,2H3,(H,33,39)/t24-,27+,28+,30+/m1/s1. The fourth-order valence-corrected chi connectivity index (χ4v) is 5.41. The fourth-order valence-electron chi connectivity index (χ4n) is 5.41. The lowest BCUT2D eigenvalue weighted by Gasteiger charge is -2.41. The van der Waals surface area contributed by atoms with Crippen LogP contribution in [-0.2, 0) is 16.1 Å². The van der Waals surface area contributed by atoms with E-state index >= 15 is 0 Å². The molecule has 2 aliphatic rings. The zero-order valence-corrected chi connectivity index (χ0v) is 22.9. The van der Waals surface area contributed by atoms with Gasteiger partial charge in [0, 0.05) is 36.2 Å². The van der Waals surface area contributed by atoms with E-state index in [9.17, 15) is 29.0 Å². The predicted octanol–water partition coefficient (Wildman–Crippen LogP) is 3.04. The van der Waals surface area contributed by atoms with Crippen LogP contribution < -0.4 is 14.8 Å². The molecule has 0 saturated heterocycles. The first kappa shape index (κ1) is 30.0. The van der Waals surface area contributed by atoms with Gasteiger partial charge in [-0.1, -0.05) is 18.2 Å². The van der Waals surface area contributed by atoms with E-state index in [1.54, 1.807) is 30.4 Å². The van der Waals surface area contributed by atoms with E-state index in [-0.39, 0.29) is 43.3 Å². The molecule has 2 aromatic rings. The Bertz CT molecular complexity index is 1310. The van der Waals surface area contributed by atoms with Crippen LogP contribution in [-0.4, -0.2) is 71.7 Å². The molecule has 2 amide bonds. The number of fused-ring (bicyclic) bond motifs is 3. The minimum absolute atomic E-state index is 0.00623. The molecular formula is C31H35FN2O7. The van der Waals surface area contributed by atoms with Gasteiger partial charge in [-0.25, -0.2) is 4.39 Å². The summed E-state index contributed by atoms with van der Waals surface area (Å²) in [6, 6.07) is 7.87. The third-order valence-electron chi connectivity index (χ3n) is 7.41. The van der Waals surface area contributed by atoms with Crippen LogP contribution in [0.15, 0.2) is 60.7 Å². The van der Waals surface area contributed by atoms with E-state index in [0.29, 0.717) is 35.1 Å². The second kappa shape index (κ2) is 13.6. The lowest BCUT2D eigenvalue weighted by atomic mass is 9.77. The first-order chi connectivity index (χ1) is 19.8. The van der Waals surface area contributed by atoms with Gasteiger partial charge in [-0.15, -0.1) is 6.58 Å². The number of methoxy groups -OCH3 is 1. The molecule has 0 aromatic heterocycles. The molecule has 1 aliphatic carbocycles. The van der Waals surface area contributed by atoms with Gasteiger partial charge >= 0.3 is 0 Å². The first-order valence-electron chi connectivity index (χ1n) is 13.6. The van der Waals surface area contributed by atoms with Gasteiger partial charge in [0.2, 0.25) is 11.8 Å². The zero-order valence-electron chi connectivity index (χ0n) is 22.9. The minimum atomic E-state index is -1.26. The number of carbonyl (C=O) groups excluding carboxylic acids is 3. The highest BCUT2D eigenvalue weighted by Crippen LogP contribution is 2.51. The predicted molar refractivity (Wildman–Crippen MR) is 149 cm³/mol. The molecule has 0 radical (unpaired) electrons. The number of benzene rings is 2. The number of aldehydes is 1. The number of unbranched alkanes of at least 4 members (excludes halogenated alkanes) is 2. The topological polar surface area (TPSA) is 125 Å². The number of hydrogen-bond donors (Lipinski definition) is 3. The number of nitrogens with zero attached hydrogens (tertiary/aromatic N) is 1. The van der Waals surface area contributed by atoms with E-state index in [2.05, 4.69) is 11.9 Å². The van der Waals surface area contributed by atoms with Crippen LogP contribution in [0, 0.1) is 5.82 Å². The first-order valence-corrected chi connectivity index (χ1v) is 13.6. The van der Waals surface area contributed by atoms with Gasteiger partial charge in [-0.3, -0.25) is 14.4 Å². The maximum atomic E-state index is 13.6. The van der Waals surface area contributed by atoms with Crippen molar-refractivity contribution < 1.29 is 38.5 Å². The van der Waals surface area contributed by atoms with Gasteiger partial charge < -0.3 is 29.9 Å². The lowest BCUT2D eigenvalue weighted by molar-refractivity contribution is -0.138. The summed E-state index contributed by atoms with van der Waals surface area (Å²) < 4.78 is 25.3. The molecule has 0 bridgehead atoms. The average Bonchev–Trinajstić information content (AvgIpc) is 3.37. The Hall–Kier alpha value is -4.02. The summed E-state index contributed by atoms with van der Waals surface area (Å²) in [5.41, 5.74) is 1.68. The minimum Gasteiger partial charge on any atom is -0.493 e. The Morgan fingerprint density at radius 2 is 1.98 bits per heavy atom. The van der Waals surface area contributed by atoms with Crippen molar-refractivity contribution >= 4 is 18.1 Å². The van der Waals surface area contributed by atoms with Gasteiger partial charge in [0.15, 0.2) is 11.5 Å². The van der Waals surface area contributed by atoms with E-state index in [1.165, 1.54) is 30.2 Å². The van der Waals surface area contributed by atoms with Gasteiger partial charge in [0.05, 0.1) is 25.7 Å². The van der Waals surface area contributed by atoms with Crippen LogP contribution in [0.1, 0.15) is 53.1 Å². The Balaban J connectivity index is 1.77. The molecule has 0 saturated carbocycles. The molecule has 2 aromatic carbocycles. The second-order valence-electron chi connectivity index (χ2n) is 10.1. The van der Waals surface area contributed by atoms with Gasteiger partial charge in [-0.05, 0) is 55.2 Å². The van der Waals surface area contributed by atoms with Crippen LogP contribution in [0.5, 0.6) is 11.5 Å². The highest BCUT2D eigenvalue weighted by molar-refractivity contribution is 5.96. The maximum absolute atomic E-state index is 13.6. The summed E-state index contributed by atoms with van der Waals surface area (Å²) >= 11 is 0. The van der Waals surface area contributed by atoms with Gasteiger partial charge in [-0.2, -0.15) is 0 Å². The smallest absolute Gasteiger partial charge is 0.247 e. The van der Waals surface area contributed by atoms with Crippen LogP contribution in [0.2, 0.25) is 0 Å². The summed E-state index contributed by atoms with van der Waals surface area (Å²) in [4.78, 5) is 40.2. The molecule has 10 heteroatoms. The Morgan fingerprint density at radius 1 is 1.22 bits per heavy atom. The van der Waals surface area contributed by atoms with Crippen LogP contribution in [0.25, 0.3) is 0 Å². The largest absolute Gasteiger partial charge is 0.493 e. The zero-order chi connectivity index (χ0) is 29.5. The van der Waals surface area contributed by atoms with Crippen molar-refractivity contribution in [2.24, 2.45) is 0 Å². The number of ether oxygens (including phenoxy) is 2. The van der Waals surface area contributed by atoms with Crippen LogP contribution in [0.3, 0.4) is 0 Å². The lowest BCUT2D eigenvalue weighted by Crippen LogP contribution is -2.55. The van der Waals surface area contributed by atoms with Crippen molar-refractivity contribution in [3.05, 3.63) is 83.2 Å². The van der Waals surface area contributed by atoms with Crippen molar-refractivity contribution in [3.63, 3.8) is 0 Å². The molecule has 218 valence electrons. The highest BCUT2D eigenvalue weighted by atomic mass is 19.1. The number of carbonyl (C=O) groups is 3. The fraction of sp³-hybridized carbons (Fsp3) is 0.387. The molecule has 3 N–H and O–H groups in total. The number of aliphatic hydroxyl groups is 2. The van der Waals surface area contributed by atoms with E-state index in [1.807, 2.05) is 0 Å². The SMILES string of the molecule is C=CCCCCC(=O)N(Cc1ccc(F)cc1)[C@@H]1C=C(C(=O)NCCO)[C@@H]2c3cc(C=O)cc(OC)c3O[C@@H]2[C@H]1O. The van der Waals surface area contributed by atoms with Gasteiger partial charge in [0.1, 0.15) is 24.3 Å². The normalized spacial score (nSPS) is 20.6. The third-order valence-corrected chi connectivity index (χ3v) is 7.41. The van der Waals surface area contributed by atoms with Crippen molar-refractivity contribution in [2.45, 2.75) is 56.4 Å². The van der Waals surface area contributed by atoms with Crippen molar-refractivity contribution in [1.29, 1.82) is 0 Å². The molecular weight excluding hydrogens is 531 g/mol. The number of nitrogens with one attached hydrogen (secondary N) is 1. The van der Waals surface area contributed by atoms with Crippen LogP contribution in [0.4, 0.5) is 4.39 Å². The maximum Gasteiger partial charge on any atom is 0.247 e. The van der Waals surface area contributed by atoms with E-state index < -0.39 is 35.9 Å². The molecule has 1 heterocycles. The summed E-state index contributed by atoms with van der Waals surface area (Å²) in [5.74, 6) is -1.35. The van der Waals surface area contributed by atoms with Crippen molar-refractivity contribution in [3.8, 4) is 11.5 Å². The Labute approximate surface area is 238 Å². The third kappa shape index (κ3) is 6.49. The molecule has 41 heavy (non-hydrogen) atoms. The number of hydrogen-bond acceptors (Lipinski definition) is 7. The molecule has 1 aliphatic heterocycles. The number of rotatable bonds is 13. The summed E-state index contributed by atoms with van der Waals surface area (Å²) in [7, 11) is 1.43. The Morgan fingerprint density at radius 3 is 2.63 bits per heavy atom. The molecule has 0 fully saturated rings. The Kier molecular flexibility index (Phi) is 9.91. The van der Waals surface area contributed by atoms with Crippen LogP contribution >= 0.6 is 0 Å². The van der Waals surface area contributed by atoms with Crippen molar-refractivity contribution in [2.75, 3.05) is 20.3 Å². The number of allylic oxidation sites excluding steroid dienone is 1. The highest BCUT2D eigenvalue weighted by Gasteiger charge is 2.51. The number of halogens is 1. The number of amides is 2. The molecule has 4 atom stereocenters. The summed E-state index contributed by atoms with van der Waals surface area (Å²) in [6.07, 6.45) is 4.08.